The number of nitrogens with two attached hydrogens (primary N) is 1. The number of nitrogen functional groups attached to an aromatic ring is 1. The fourth-order valence-corrected chi connectivity index (χ4v) is 4.94. The van der Waals surface area contributed by atoms with Gasteiger partial charge in [-0.05, 0) is 90.4 Å². The quantitative estimate of drug-likeness (QED) is 0.416. The summed E-state index contributed by atoms with van der Waals surface area (Å²) >= 11 is 8.06. The number of amides is 1. The molecule has 1 amide bonds. The zero-order valence-electron chi connectivity index (χ0n) is 17.0. The van der Waals surface area contributed by atoms with E-state index < -0.39 is 0 Å². The van der Waals surface area contributed by atoms with Crippen molar-refractivity contribution in [2.75, 3.05) is 12.3 Å². The summed E-state index contributed by atoms with van der Waals surface area (Å²) in [5, 5.41) is 3.72. The Hall–Kier alpha value is -2.96. The normalized spacial score (nSPS) is 15.2. The Labute approximate surface area is 190 Å². The molecule has 0 saturated carbocycles. The van der Waals surface area contributed by atoms with Crippen molar-refractivity contribution in [2.24, 2.45) is 5.92 Å². The second-order valence-corrected chi connectivity index (χ2v) is 9.18. The topological polar surface area (TPSA) is 85.1 Å². The average molecular weight is 452 g/mol. The summed E-state index contributed by atoms with van der Waals surface area (Å²) in [6, 6.07) is 11.5. The predicted octanol–water partition coefficient (Wildman–Crippen LogP) is 4.79. The number of pyridine rings is 1. The van der Waals surface area contributed by atoms with Crippen molar-refractivity contribution in [1.29, 1.82) is 0 Å². The van der Waals surface area contributed by atoms with Gasteiger partial charge in [-0.1, -0.05) is 11.6 Å². The standard InChI is InChI=1S/C24H22ClN3O2S/c1-14(29)21-4-5-22(31-21)18-10-17-8-16(9-19(17)20(25)11-18)13-28-24(30)7-3-15-2-6-23(26)27-12-15/h2-7,10-12,16H,8-9,13H2,1H3,(H2,26,27)(H,28,30)/b7-3+/t16-/m0/s1. The van der Waals surface area contributed by atoms with Crippen molar-refractivity contribution in [3.8, 4) is 10.4 Å². The van der Waals surface area contributed by atoms with Gasteiger partial charge in [-0.15, -0.1) is 11.3 Å². The summed E-state index contributed by atoms with van der Waals surface area (Å²) in [7, 11) is 0. The lowest BCUT2D eigenvalue weighted by molar-refractivity contribution is -0.116. The molecule has 0 fully saturated rings. The number of aromatic nitrogens is 1. The number of anilines is 1. The van der Waals surface area contributed by atoms with E-state index >= 15 is 0 Å². The van der Waals surface area contributed by atoms with E-state index in [0.717, 1.165) is 44.3 Å². The molecule has 1 aliphatic rings. The van der Waals surface area contributed by atoms with Crippen LogP contribution in [-0.2, 0) is 17.6 Å². The number of carbonyl (C=O) groups excluding carboxylic acids is 2. The molecule has 3 aromatic rings. The molecule has 0 aliphatic heterocycles. The molecular formula is C24H22ClN3O2S. The first-order valence-corrected chi connectivity index (χ1v) is 11.2. The van der Waals surface area contributed by atoms with Crippen LogP contribution < -0.4 is 11.1 Å². The lowest BCUT2D eigenvalue weighted by atomic mass is 10.1. The van der Waals surface area contributed by atoms with Gasteiger partial charge in [0.05, 0.1) is 4.88 Å². The summed E-state index contributed by atoms with van der Waals surface area (Å²) in [5.74, 6) is 0.674. The van der Waals surface area contributed by atoms with Gasteiger partial charge in [0.25, 0.3) is 0 Å². The van der Waals surface area contributed by atoms with E-state index in [2.05, 4.69) is 16.4 Å². The SMILES string of the molecule is CC(=O)c1ccc(-c2cc(Cl)c3c(c2)C[C@H](CNC(=O)/C=C/c2ccc(N)nc2)C3)s1. The Kier molecular flexibility index (Phi) is 6.20. The molecular weight excluding hydrogens is 430 g/mol. The molecule has 31 heavy (non-hydrogen) atoms. The van der Waals surface area contributed by atoms with Crippen LogP contribution in [0.2, 0.25) is 5.02 Å². The molecule has 0 bridgehead atoms. The number of carbonyl (C=O) groups is 2. The van der Waals surface area contributed by atoms with Crippen LogP contribution in [-0.4, -0.2) is 23.2 Å². The van der Waals surface area contributed by atoms with Crippen molar-refractivity contribution < 1.29 is 9.59 Å². The fraction of sp³-hybridized carbons (Fsp3) is 0.208. The zero-order valence-corrected chi connectivity index (χ0v) is 18.6. The van der Waals surface area contributed by atoms with E-state index in [1.165, 1.54) is 23.0 Å². The summed E-state index contributed by atoms with van der Waals surface area (Å²) in [6.45, 7) is 2.16. The summed E-state index contributed by atoms with van der Waals surface area (Å²) in [4.78, 5) is 29.6. The number of benzene rings is 1. The van der Waals surface area contributed by atoms with Crippen molar-refractivity contribution in [3.63, 3.8) is 0 Å². The van der Waals surface area contributed by atoms with Gasteiger partial charge in [-0.2, -0.15) is 0 Å². The number of ketones is 1. The van der Waals surface area contributed by atoms with E-state index in [0.29, 0.717) is 18.3 Å². The Morgan fingerprint density at radius 2 is 2.10 bits per heavy atom. The van der Waals surface area contributed by atoms with Crippen LogP contribution in [0.3, 0.4) is 0 Å². The highest BCUT2D eigenvalue weighted by Gasteiger charge is 2.25. The number of nitrogens with one attached hydrogen (secondary N) is 1. The van der Waals surface area contributed by atoms with Gasteiger partial charge in [0.2, 0.25) is 5.91 Å². The van der Waals surface area contributed by atoms with Crippen molar-refractivity contribution in [1.82, 2.24) is 10.3 Å². The predicted molar refractivity (Wildman–Crippen MR) is 126 cm³/mol. The van der Waals surface area contributed by atoms with Crippen molar-refractivity contribution in [2.45, 2.75) is 19.8 Å². The third-order valence-corrected chi connectivity index (χ3v) is 6.90. The highest BCUT2D eigenvalue weighted by atomic mass is 35.5. The molecule has 3 N–H and O–H groups in total. The number of rotatable bonds is 6. The van der Waals surface area contributed by atoms with Crippen LogP contribution in [0, 0.1) is 5.92 Å². The van der Waals surface area contributed by atoms with Gasteiger partial charge in [-0.25, -0.2) is 4.98 Å². The molecule has 1 aliphatic carbocycles. The third kappa shape index (κ3) is 5.03. The third-order valence-electron chi connectivity index (χ3n) is 5.33. The Morgan fingerprint density at radius 1 is 1.26 bits per heavy atom. The van der Waals surface area contributed by atoms with E-state index in [1.807, 2.05) is 24.3 Å². The Bertz CT molecular complexity index is 1170. The first-order chi connectivity index (χ1) is 14.9. The number of hydrogen-bond acceptors (Lipinski definition) is 5. The van der Waals surface area contributed by atoms with Crippen molar-refractivity contribution >= 4 is 46.5 Å². The van der Waals surface area contributed by atoms with Gasteiger partial charge in [0, 0.05) is 28.7 Å². The molecule has 2 heterocycles. The van der Waals surface area contributed by atoms with E-state index in [1.54, 1.807) is 25.3 Å². The van der Waals surface area contributed by atoms with Gasteiger partial charge in [0.1, 0.15) is 5.82 Å². The summed E-state index contributed by atoms with van der Waals surface area (Å²) in [6.07, 6.45) is 6.54. The molecule has 1 atom stereocenters. The maximum atomic E-state index is 12.2. The highest BCUT2D eigenvalue weighted by molar-refractivity contribution is 7.17. The molecule has 7 heteroatoms. The molecule has 2 aromatic heterocycles. The summed E-state index contributed by atoms with van der Waals surface area (Å²) < 4.78 is 0. The van der Waals surface area contributed by atoms with Crippen LogP contribution in [0.5, 0.6) is 0 Å². The van der Waals surface area contributed by atoms with E-state index in [9.17, 15) is 9.59 Å². The number of nitrogens with zero attached hydrogens (tertiary/aromatic N) is 1. The maximum Gasteiger partial charge on any atom is 0.244 e. The molecule has 0 unspecified atom stereocenters. The first kappa shape index (κ1) is 21.3. The number of halogens is 1. The van der Waals surface area contributed by atoms with Crippen LogP contribution in [0.4, 0.5) is 5.82 Å². The van der Waals surface area contributed by atoms with Crippen LogP contribution in [0.25, 0.3) is 16.5 Å². The smallest absolute Gasteiger partial charge is 0.244 e. The van der Waals surface area contributed by atoms with E-state index in [4.69, 9.17) is 17.3 Å². The maximum absolute atomic E-state index is 12.2. The van der Waals surface area contributed by atoms with Gasteiger partial charge in [-0.3, -0.25) is 9.59 Å². The van der Waals surface area contributed by atoms with Gasteiger partial charge in [0.15, 0.2) is 5.78 Å². The Balaban J connectivity index is 1.38. The average Bonchev–Trinajstić information content (AvgIpc) is 3.39. The molecule has 0 spiro atoms. The van der Waals surface area contributed by atoms with Crippen molar-refractivity contribution in [3.05, 3.63) is 75.3 Å². The molecule has 0 radical (unpaired) electrons. The lowest BCUT2D eigenvalue weighted by Crippen LogP contribution is -2.28. The number of thiophene rings is 1. The molecule has 158 valence electrons. The number of hydrogen-bond donors (Lipinski definition) is 2. The number of Topliss-reactive ketones (excluding diaryl/α,β-unsaturated/α-hetero) is 1. The van der Waals surface area contributed by atoms with Gasteiger partial charge >= 0.3 is 0 Å². The molecule has 5 nitrogen and oxygen atoms in total. The van der Waals surface area contributed by atoms with Gasteiger partial charge < -0.3 is 11.1 Å². The summed E-state index contributed by atoms with van der Waals surface area (Å²) in [5.41, 5.74) is 9.78. The molecule has 1 aromatic carbocycles. The Morgan fingerprint density at radius 3 is 2.81 bits per heavy atom. The molecule has 0 saturated heterocycles. The molecule has 4 rings (SSSR count). The number of fused-ring (bicyclic) bond motifs is 1. The minimum atomic E-state index is -0.144. The largest absolute Gasteiger partial charge is 0.384 e. The minimum absolute atomic E-state index is 0.0704. The lowest BCUT2D eigenvalue weighted by Gasteiger charge is -2.09. The monoisotopic (exact) mass is 451 g/mol. The zero-order chi connectivity index (χ0) is 22.0. The van der Waals surface area contributed by atoms with E-state index in [-0.39, 0.29) is 11.7 Å². The fourth-order valence-electron chi connectivity index (χ4n) is 3.74. The first-order valence-electron chi connectivity index (χ1n) is 9.99. The second-order valence-electron chi connectivity index (χ2n) is 7.68. The minimum Gasteiger partial charge on any atom is -0.384 e. The van der Waals surface area contributed by atoms with Crippen LogP contribution in [0.1, 0.15) is 33.3 Å². The highest BCUT2D eigenvalue weighted by Crippen LogP contribution is 2.38. The van der Waals surface area contributed by atoms with Crippen LogP contribution in [0.15, 0.2) is 48.7 Å². The van der Waals surface area contributed by atoms with Crippen LogP contribution >= 0.6 is 22.9 Å². The second kappa shape index (κ2) is 9.04.